The average Bonchev–Trinajstić information content (AvgIpc) is 2.46. The highest BCUT2D eigenvalue weighted by atomic mass is 35.5. The van der Waals surface area contributed by atoms with Crippen LogP contribution >= 0.6 is 12.4 Å². The monoisotopic (exact) mass is 292 g/mol. The maximum atomic E-state index is 12.2. The van der Waals surface area contributed by atoms with E-state index in [1.807, 2.05) is 19.1 Å². The van der Waals surface area contributed by atoms with E-state index in [-0.39, 0.29) is 18.3 Å². The van der Waals surface area contributed by atoms with Crippen molar-refractivity contribution < 1.29 is 9.53 Å². The Morgan fingerprint density at radius 1 is 1.05 bits per heavy atom. The van der Waals surface area contributed by atoms with Crippen LogP contribution in [0.3, 0.4) is 0 Å². The molecule has 4 nitrogen and oxygen atoms in total. The molecule has 0 unspecified atom stereocenters. The van der Waals surface area contributed by atoms with Gasteiger partial charge < -0.3 is 4.74 Å². The first-order valence-electron chi connectivity index (χ1n) is 5.91. The highest BCUT2D eigenvalue weighted by Crippen LogP contribution is 2.18. The van der Waals surface area contributed by atoms with Crippen LogP contribution in [-0.2, 0) is 0 Å². The number of nitrogens with zero attached hydrogens (tertiary/aromatic N) is 1. The second kappa shape index (κ2) is 6.93. The second-order valence-corrected chi connectivity index (χ2v) is 4.24. The van der Waals surface area contributed by atoms with E-state index in [4.69, 9.17) is 10.6 Å². The molecular formula is C15H17ClN2O2. The van der Waals surface area contributed by atoms with Gasteiger partial charge in [-0.2, -0.15) is 0 Å². The van der Waals surface area contributed by atoms with E-state index >= 15 is 0 Å². The Labute approximate surface area is 124 Å². The van der Waals surface area contributed by atoms with E-state index in [1.165, 1.54) is 0 Å². The lowest BCUT2D eigenvalue weighted by molar-refractivity contribution is 0.0987. The van der Waals surface area contributed by atoms with E-state index < -0.39 is 0 Å². The minimum Gasteiger partial charge on any atom is -0.497 e. The van der Waals surface area contributed by atoms with Gasteiger partial charge in [0.25, 0.3) is 5.91 Å². The summed E-state index contributed by atoms with van der Waals surface area (Å²) in [4.78, 5) is 12.2. The van der Waals surface area contributed by atoms with Gasteiger partial charge in [-0.1, -0.05) is 17.7 Å². The van der Waals surface area contributed by atoms with E-state index in [0.717, 1.165) is 16.3 Å². The van der Waals surface area contributed by atoms with Crippen molar-refractivity contribution in [3.8, 4) is 5.75 Å². The van der Waals surface area contributed by atoms with E-state index in [1.54, 1.807) is 43.5 Å². The number of hydrogen-bond donors (Lipinski definition) is 1. The van der Waals surface area contributed by atoms with Crippen LogP contribution in [0.2, 0.25) is 0 Å². The van der Waals surface area contributed by atoms with Crippen LogP contribution in [0.5, 0.6) is 5.75 Å². The van der Waals surface area contributed by atoms with E-state index in [0.29, 0.717) is 11.3 Å². The number of rotatable bonds is 3. The van der Waals surface area contributed by atoms with Gasteiger partial charge in [0.1, 0.15) is 5.75 Å². The predicted octanol–water partition coefficient (Wildman–Crippen LogP) is 2.95. The molecule has 2 aromatic carbocycles. The number of carbonyl (C=O) groups is 1. The van der Waals surface area contributed by atoms with Crippen LogP contribution in [-0.4, -0.2) is 13.0 Å². The summed E-state index contributed by atoms with van der Waals surface area (Å²) in [6.45, 7) is 1.97. The molecule has 20 heavy (non-hydrogen) atoms. The van der Waals surface area contributed by atoms with Gasteiger partial charge in [0.05, 0.1) is 12.8 Å². The molecular weight excluding hydrogens is 276 g/mol. The summed E-state index contributed by atoms with van der Waals surface area (Å²) < 4.78 is 5.06. The minimum absolute atomic E-state index is 0. The molecule has 0 aliphatic carbocycles. The van der Waals surface area contributed by atoms with Gasteiger partial charge in [0.2, 0.25) is 0 Å². The van der Waals surface area contributed by atoms with Crippen LogP contribution in [0.4, 0.5) is 5.69 Å². The van der Waals surface area contributed by atoms with Gasteiger partial charge in [-0.25, -0.2) is 10.9 Å². The Bertz CT molecular complexity index is 567. The number of anilines is 1. The molecule has 2 aromatic rings. The van der Waals surface area contributed by atoms with Crippen LogP contribution in [0, 0.1) is 6.92 Å². The molecule has 1 amide bonds. The molecule has 0 aliphatic heterocycles. The van der Waals surface area contributed by atoms with Crippen LogP contribution < -0.4 is 15.6 Å². The minimum atomic E-state index is -0.245. The van der Waals surface area contributed by atoms with Crippen molar-refractivity contribution in [2.75, 3.05) is 12.1 Å². The molecule has 0 bridgehead atoms. The molecule has 0 saturated carbocycles. The maximum Gasteiger partial charge on any atom is 0.272 e. The highest BCUT2D eigenvalue weighted by molar-refractivity contribution is 6.05. The predicted molar refractivity (Wildman–Crippen MR) is 82.4 cm³/mol. The Kier molecular flexibility index (Phi) is 5.55. The molecule has 5 heteroatoms. The van der Waals surface area contributed by atoms with Crippen molar-refractivity contribution in [3.05, 3.63) is 59.7 Å². The molecule has 2 rings (SSSR count). The van der Waals surface area contributed by atoms with Gasteiger partial charge in [0.15, 0.2) is 0 Å². The average molecular weight is 293 g/mol. The summed E-state index contributed by atoms with van der Waals surface area (Å²) in [5.41, 5.74) is 2.28. The van der Waals surface area contributed by atoms with E-state index in [9.17, 15) is 4.79 Å². The van der Waals surface area contributed by atoms with Gasteiger partial charge in [-0.15, -0.1) is 12.4 Å². The number of halogens is 1. The third-order valence-electron chi connectivity index (χ3n) is 2.87. The SMILES string of the molecule is COc1ccc(N(N)C(=O)c2ccc(C)cc2)cc1.Cl. The lowest BCUT2D eigenvalue weighted by Crippen LogP contribution is -2.37. The molecule has 0 atom stereocenters. The first kappa shape index (κ1) is 16.0. The number of benzene rings is 2. The molecule has 0 radical (unpaired) electrons. The van der Waals surface area contributed by atoms with Crippen molar-refractivity contribution in [2.45, 2.75) is 6.92 Å². The van der Waals surface area contributed by atoms with Gasteiger partial charge in [0, 0.05) is 5.56 Å². The molecule has 0 spiro atoms. The smallest absolute Gasteiger partial charge is 0.272 e. The van der Waals surface area contributed by atoms with Crippen molar-refractivity contribution in [3.63, 3.8) is 0 Å². The number of amides is 1. The molecule has 106 valence electrons. The van der Waals surface area contributed by atoms with Gasteiger partial charge in [-0.3, -0.25) is 4.79 Å². The number of methoxy groups -OCH3 is 1. The number of aryl methyl sites for hydroxylation is 1. The summed E-state index contributed by atoms with van der Waals surface area (Å²) in [6.07, 6.45) is 0. The topological polar surface area (TPSA) is 55.6 Å². The first-order valence-corrected chi connectivity index (χ1v) is 5.91. The molecule has 0 aliphatic rings. The van der Waals surface area contributed by atoms with Gasteiger partial charge >= 0.3 is 0 Å². The quantitative estimate of drug-likeness (QED) is 0.537. The molecule has 2 N–H and O–H groups in total. The molecule has 0 heterocycles. The third-order valence-corrected chi connectivity index (χ3v) is 2.87. The van der Waals surface area contributed by atoms with Crippen LogP contribution in [0.25, 0.3) is 0 Å². The number of nitrogens with two attached hydrogens (primary N) is 1. The Hall–Kier alpha value is -2.04. The first-order chi connectivity index (χ1) is 9.11. The fraction of sp³-hybridized carbons (Fsp3) is 0.133. The number of ether oxygens (including phenoxy) is 1. The maximum absolute atomic E-state index is 12.2. The van der Waals surface area contributed by atoms with Gasteiger partial charge in [-0.05, 0) is 43.3 Å². The largest absolute Gasteiger partial charge is 0.497 e. The highest BCUT2D eigenvalue weighted by Gasteiger charge is 2.13. The zero-order chi connectivity index (χ0) is 13.8. The summed E-state index contributed by atoms with van der Waals surface area (Å²) in [5.74, 6) is 6.32. The normalized spacial score (nSPS) is 9.55. The lowest BCUT2D eigenvalue weighted by atomic mass is 10.1. The Morgan fingerprint density at radius 2 is 1.60 bits per heavy atom. The second-order valence-electron chi connectivity index (χ2n) is 4.24. The summed E-state index contributed by atoms with van der Waals surface area (Å²) >= 11 is 0. The van der Waals surface area contributed by atoms with Crippen molar-refractivity contribution in [2.24, 2.45) is 5.84 Å². The van der Waals surface area contributed by atoms with E-state index in [2.05, 4.69) is 0 Å². The van der Waals surface area contributed by atoms with Crippen molar-refractivity contribution in [1.29, 1.82) is 0 Å². The lowest BCUT2D eigenvalue weighted by Gasteiger charge is -2.17. The van der Waals surface area contributed by atoms with Crippen molar-refractivity contribution in [1.82, 2.24) is 0 Å². The number of carbonyl (C=O) groups excluding carboxylic acids is 1. The Balaban J connectivity index is 0.00000200. The summed E-state index contributed by atoms with van der Waals surface area (Å²) in [5, 5.41) is 1.13. The fourth-order valence-corrected chi connectivity index (χ4v) is 1.70. The molecule has 0 saturated heterocycles. The van der Waals surface area contributed by atoms with Crippen LogP contribution in [0.1, 0.15) is 15.9 Å². The molecule has 0 fully saturated rings. The third kappa shape index (κ3) is 3.50. The summed E-state index contributed by atoms with van der Waals surface area (Å²) in [7, 11) is 1.59. The zero-order valence-corrected chi connectivity index (χ0v) is 12.2. The van der Waals surface area contributed by atoms with Crippen LogP contribution in [0.15, 0.2) is 48.5 Å². The standard InChI is InChI=1S/C15H16N2O2.ClH/c1-11-3-5-12(6-4-11)15(18)17(16)13-7-9-14(19-2)10-8-13;/h3-10H,16H2,1-2H3;1H. The Morgan fingerprint density at radius 3 is 2.10 bits per heavy atom. The molecule has 0 aromatic heterocycles. The fourth-order valence-electron chi connectivity index (χ4n) is 1.70. The number of hydrazine groups is 1. The summed E-state index contributed by atoms with van der Waals surface area (Å²) in [6, 6.07) is 14.3. The van der Waals surface area contributed by atoms with Crippen molar-refractivity contribution >= 4 is 24.0 Å². The number of hydrogen-bond acceptors (Lipinski definition) is 3. The zero-order valence-electron chi connectivity index (χ0n) is 11.4.